The molecule has 17 heavy (non-hydrogen) atoms. The number of hydrogen-bond donors (Lipinski definition) is 2. The lowest BCUT2D eigenvalue weighted by Crippen LogP contribution is -2.22. The highest BCUT2D eigenvalue weighted by molar-refractivity contribution is 7.92. The molecule has 5 heteroatoms. The molecule has 0 aliphatic heterocycles. The van der Waals surface area contributed by atoms with Gasteiger partial charge >= 0.3 is 0 Å². The highest BCUT2D eigenvalue weighted by Crippen LogP contribution is 2.15. The molecule has 1 aromatic rings. The van der Waals surface area contributed by atoms with E-state index in [1.165, 1.54) is 0 Å². The molecule has 0 bridgehead atoms. The van der Waals surface area contributed by atoms with Gasteiger partial charge in [-0.25, -0.2) is 8.42 Å². The first-order chi connectivity index (χ1) is 8.05. The molecule has 0 radical (unpaired) electrons. The summed E-state index contributed by atoms with van der Waals surface area (Å²) >= 11 is 0. The van der Waals surface area contributed by atoms with Crippen molar-refractivity contribution in [3.05, 3.63) is 29.8 Å². The molecular weight excluding hydrogens is 236 g/mol. The number of para-hydroxylation sites is 1. The Morgan fingerprint density at radius 1 is 1.24 bits per heavy atom. The van der Waals surface area contributed by atoms with Gasteiger partial charge in [0.2, 0.25) is 10.0 Å². The van der Waals surface area contributed by atoms with Crippen LogP contribution in [0.2, 0.25) is 0 Å². The molecule has 0 saturated heterocycles. The molecule has 0 atom stereocenters. The first-order valence-electron chi connectivity index (χ1n) is 5.82. The fourth-order valence-corrected chi connectivity index (χ4v) is 2.66. The van der Waals surface area contributed by atoms with Gasteiger partial charge < -0.3 is 5.32 Å². The lowest BCUT2D eigenvalue weighted by atomic mass is 10.2. The first-order valence-corrected chi connectivity index (χ1v) is 7.47. The molecule has 1 rings (SSSR count). The van der Waals surface area contributed by atoms with Crippen LogP contribution < -0.4 is 10.0 Å². The minimum Gasteiger partial charge on any atom is -0.317 e. The molecule has 0 unspecified atom stereocenters. The average Bonchev–Trinajstić information content (AvgIpc) is 2.28. The van der Waals surface area contributed by atoms with E-state index in [1.807, 2.05) is 32.0 Å². The summed E-state index contributed by atoms with van der Waals surface area (Å²) in [5.41, 5.74) is 1.60. The largest absolute Gasteiger partial charge is 0.317 e. The Bertz CT molecular complexity index is 444. The molecule has 4 nitrogen and oxygen atoms in total. The average molecular weight is 256 g/mol. The first kappa shape index (κ1) is 14.0. The summed E-state index contributed by atoms with van der Waals surface area (Å²) in [4.78, 5) is 0. The minimum absolute atomic E-state index is 0.147. The van der Waals surface area contributed by atoms with Crippen molar-refractivity contribution in [1.29, 1.82) is 0 Å². The van der Waals surface area contributed by atoms with E-state index in [4.69, 9.17) is 0 Å². The zero-order chi connectivity index (χ0) is 12.7. The van der Waals surface area contributed by atoms with Gasteiger partial charge in [0.05, 0.1) is 11.4 Å². The van der Waals surface area contributed by atoms with E-state index < -0.39 is 10.0 Å². The van der Waals surface area contributed by atoms with Crippen LogP contribution in [0.4, 0.5) is 5.69 Å². The van der Waals surface area contributed by atoms with Crippen LogP contribution in [0.15, 0.2) is 24.3 Å². The van der Waals surface area contributed by atoms with Gasteiger partial charge in [-0.3, -0.25) is 4.72 Å². The number of aryl methyl sites for hydroxylation is 1. The number of benzene rings is 1. The van der Waals surface area contributed by atoms with Gasteiger partial charge in [0.15, 0.2) is 0 Å². The third-order valence-electron chi connectivity index (χ3n) is 2.43. The third-order valence-corrected chi connectivity index (χ3v) is 3.78. The molecule has 2 N–H and O–H groups in total. The molecular formula is C12H20N2O2S. The highest BCUT2D eigenvalue weighted by Gasteiger charge is 2.10. The van der Waals surface area contributed by atoms with E-state index in [0.717, 1.165) is 18.7 Å². The van der Waals surface area contributed by atoms with E-state index in [0.29, 0.717) is 12.1 Å². The summed E-state index contributed by atoms with van der Waals surface area (Å²) in [6, 6.07) is 7.37. The maximum atomic E-state index is 11.8. The molecule has 0 fully saturated rings. The predicted octanol–water partition coefficient (Wildman–Crippen LogP) is 1.74. The van der Waals surface area contributed by atoms with Gasteiger partial charge in [0.1, 0.15) is 0 Å². The number of sulfonamides is 1. The van der Waals surface area contributed by atoms with E-state index in [9.17, 15) is 8.42 Å². The highest BCUT2D eigenvalue weighted by atomic mass is 32.2. The van der Waals surface area contributed by atoms with Crippen molar-refractivity contribution in [2.75, 3.05) is 23.6 Å². The number of rotatable bonds is 7. The van der Waals surface area contributed by atoms with Crippen LogP contribution in [0.5, 0.6) is 0 Å². The molecule has 0 spiro atoms. The van der Waals surface area contributed by atoms with Gasteiger partial charge in [-0.15, -0.1) is 0 Å². The lowest BCUT2D eigenvalue weighted by molar-refractivity contribution is 0.595. The summed E-state index contributed by atoms with van der Waals surface area (Å²) in [7, 11) is -3.23. The summed E-state index contributed by atoms with van der Waals surface area (Å²) < 4.78 is 26.2. The van der Waals surface area contributed by atoms with Crippen LogP contribution in [-0.4, -0.2) is 27.3 Å². The van der Waals surface area contributed by atoms with Crippen LogP contribution >= 0.6 is 0 Å². The Balaban J connectivity index is 2.52. The van der Waals surface area contributed by atoms with Crippen molar-refractivity contribution >= 4 is 15.7 Å². The minimum atomic E-state index is -3.23. The Morgan fingerprint density at radius 3 is 2.59 bits per heavy atom. The van der Waals surface area contributed by atoms with Crippen molar-refractivity contribution in [3.8, 4) is 0 Å². The van der Waals surface area contributed by atoms with Crippen molar-refractivity contribution < 1.29 is 8.42 Å². The van der Waals surface area contributed by atoms with Crippen LogP contribution in [0, 0.1) is 6.92 Å². The molecule has 0 aliphatic carbocycles. The third kappa shape index (κ3) is 5.19. The quantitative estimate of drug-likeness (QED) is 0.731. The van der Waals surface area contributed by atoms with Gasteiger partial charge in [0.25, 0.3) is 0 Å². The molecule has 0 aromatic heterocycles. The smallest absolute Gasteiger partial charge is 0.232 e. The number of nitrogens with one attached hydrogen (secondary N) is 2. The summed E-state index contributed by atoms with van der Waals surface area (Å²) in [5, 5.41) is 3.10. The van der Waals surface area contributed by atoms with Crippen molar-refractivity contribution in [1.82, 2.24) is 5.32 Å². The van der Waals surface area contributed by atoms with Crippen molar-refractivity contribution in [2.24, 2.45) is 0 Å². The number of hydrogen-bond acceptors (Lipinski definition) is 3. The van der Waals surface area contributed by atoms with Crippen LogP contribution in [0.3, 0.4) is 0 Å². The van der Waals surface area contributed by atoms with Crippen LogP contribution in [0.1, 0.15) is 18.9 Å². The Kier molecular flexibility index (Phi) is 5.44. The Hall–Kier alpha value is -1.07. The maximum absolute atomic E-state index is 11.8. The van der Waals surface area contributed by atoms with Crippen LogP contribution in [-0.2, 0) is 10.0 Å². The predicted molar refractivity (Wildman–Crippen MR) is 71.7 cm³/mol. The second kappa shape index (κ2) is 6.61. The van der Waals surface area contributed by atoms with E-state index >= 15 is 0 Å². The molecule has 0 aliphatic rings. The lowest BCUT2D eigenvalue weighted by Gasteiger charge is -2.10. The monoisotopic (exact) mass is 256 g/mol. The molecule has 96 valence electrons. The van der Waals surface area contributed by atoms with E-state index in [-0.39, 0.29) is 5.75 Å². The van der Waals surface area contributed by atoms with Gasteiger partial charge in [0, 0.05) is 0 Å². The summed E-state index contributed by atoms with van der Waals surface area (Å²) in [6.45, 7) is 5.48. The van der Waals surface area contributed by atoms with E-state index in [1.54, 1.807) is 6.07 Å². The van der Waals surface area contributed by atoms with Crippen LogP contribution in [0.25, 0.3) is 0 Å². The maximum Gasteiger partial charge on any atom is 0.232 e. The van der Waals surface area contributed by atoms with Gasteiger partial charge in [-0.2, -0.15) is 0 Å². The second-order valence-corrected chi connectivity index (χ2v) is 5.78. The topological polar surface area (TPSA) is 58.2 Å². The van der Waals surface area contributed by atoms with E-state index in [2.05, 4.69) is 10.0 Å². The van der Waals surface area contributed by atoms with Gasteiger partial charge in [-0.05, 0) is 38.1 Å². The standard InChI is InChI=1S/C12H20N2O2S/c1-3-13-9-6-10-17(15,16)14-12-8-5-4-7-11(12)2/h4-5,7-8,13-14H,3,6,9-10H2,1-2H3. The molecule has 1 aromatic carbocycles. The fraction of sp³-hybridized carbons (Fsp3) is 0.500. The summed E-state index contributed by atoms with van der Waals surface area (Å²) in [6.07, 6.45) is 0.620. The molecule has 0 saturated carbocycles. The molecule has 0 heterocycles. The normalized spacial score (nSPS) is 11.4. The Morgan fingerprint density at radius 2 is 1.94 bits per heavy atom. The molecule has 0 amide bonds. The summed E-state index contributed by atoms with van der Waals surface area (Å²) in [5.74, 6) is 0.147. The second-order valence-electron chi connectivity index (χ2n) is 3.94. The van der Waals surface area contributed by atoms with Crippen molar-refractivity contribution in [2.45, 2.75) is 20.3 Å². The van der Waals surface area contributed by atoms with Gasteiger partial charge in [-0.1, -0.05) is 25.1 Å². The van der Waals surface area contributed by atoms with Crippen molar-refractivity contribution in [3.63, 3.8) is 0 Å². The Labute approximate surface area is 103 Å². The number of anilines is 1. The SMILES string of the molecule is CCNCCCS(=O)(=O)Nc1ccccc1C. The zero-order valence-electron chi connectivity index (χ0n) is 10.4. The fourth-order valence-electron chi connectivity index (χ4n) is 1.47. The zero-order valence-corrected chi connectivity index (χ0v) is 11.2.